The van der Waals surface area contributed by atoms with Gasteiger partial charge in [0.05, 0.1) is 28.7 Å². The Bertz CT molecular complexity index is 2050. The van der Waals surface area contributed by atoms with Gasteiger partial charge in [0, 0.05) is 23.3 Å². The van der Waals surface area contributed by atoms with Crippen LogP contribution in [0.3, 0.4) is 0 Å². The lowest BCUT2D eigenvalue weighted by Gasteiger charge is -2.29. The molecule has 0 bridgehead atoms. The van der Waals surface area contributed by atoms with E-state index in [1.807, 2.05) is 36.4 Å². The lowest BCUT2D eigenvalue weighted by molar-refractivity contribution is -0.115. The first kappa shape index (κ1) is 33.0. The normalized spacial score (nSPS) is 16.3. The maximum atomic E-state index is 12.7. The Labute approximate surface area is 282 Å². The van der Waals surface area contributed by atoms with Crippen LogP contribution in [0.5, 0.6) is 17.4 Å². The van der Waals surface area contributed by atoms with Gasteiger partial charge in [-0.15, -0.1) is 0 Å². The van der Waals surface area contributed by atoms with Crippen LogP contribution < -0.4 is 19.5 Å². The van der Waals surface area contributed by atoms with Crippen molar-refractivity contribution in [3.05, 3.63) is 119 Å². The molecule has 1 aliphatic carbocycles. The molecular formula is C36H32ClN3O7S. The predicted octanol–water partition coefficient (Wildman–Crippen LogP) is 7.23. The van der Waals surface area contributed by atoms with Crippen molar-refractivity contribution in [1.82, 2.24) is 9.71 Å². The van der Waals surface area contributed by atoms with Gasteiger partial charge in [0.15, 0.2) is 0 Å². The number of sulfonamides is 1. The summed E-state index contributed by atoms with van der Waals surface area (Å²) in [7, 11) is -3.61. The largest absolute Gasteiger partial charge is 0.490 e. The van der Waals surface area contributed by atoms with Crippen LogP contribution >= 0.6 is 11.6 Å². The molecule has 5 aromatic rings. The highest BCUT2D eigenvalue weighted by Gasteiger charge is 2.27. The summed E-state index contributed by atoms with van der Waals surface area (Å²) in [6.07, 6.45) is 4.37. The van der Waals surface area contributed by atoms with E-state index in [9.17, 15) is 23.1 Å². The number of nitrogens with one attached hydrogen (secondary N) is 2. The second-order valence-electron chi connectivity index (χ2n) is 11.5. The quantitative estimate of drug-likeness (QED) is 0.132. The molecule has 1 aliphatic rings. The SMILES string of the molecule is O=C(Cc1ccc(Oc2ccc3cc(OC4CCC(NS(=O)(=O)c5ccc(Cl)cc5)CC4)ccc3c2)nc1)Nc1ccccc1C(=O)O. The van der Waals surface area contributed by atoms with E-state index in [0.29, 0.717) is 35.1 Å². The number of pyridine rings is 1. The fraction of sp³-hybridized carbons (Fsp3) is 0.194. The summed E-state index contributed by atoms with van der Waals surface area (Å²) in [6, 6.07) is 27.1. The zero-order valence-electron chi connectivity index (χ0n) is 25.6. The highest BCUT2D eigenvalue weighted by atomic mass is 35.5. The van der Waals surface area contributed by atoms with Crippen molar-refractivity contribution in [2.45, 2.75) is 49.1 Å². The second kappa shape index (κ2) is 14.4. The topological polar surface area (TPSA) is 144 Å². The number of hydrogen-bond donors (Lipinski definition) is 3. The maximum absolute atomic E-state index is 12.7. The third-order valence-electron chi connectivity index (χ3n) is 8.02. The minimum atomic E-state index is -3.61. The van der Waals surface area contributed by atoms with Gasteiger partial charge in [0.2, 0.25) is 21.8 Å². The van der Waals surface area contributed by atoms with Crippen molar-refractivity contribution in [1.29, 1.82) is 0 Å². The number of carbonyl (C=O) groups excluding carboxylic acids is 1. The molecule has 6 rings (SSSR count). The zero-order valence-corrected chi connectivity index (χ0v) is 27.2. The Kier molecular flexibility index (Phi) is 9.90. The number of ether oxygens (including phenoxy) is 2. The van der Waals surface area contributed by atoms with Crippen LogP contribution in [0.25, 0.3) is 10.8 Å². The number of aromatic carboxylic acids is 1. The van der Waals surface area contributed by atoms with Gasteiger partial charge in [-0.25, -0.2) is 22.9 Å². The second-order valence-corrected chi connectivity index (χ2v) is 13.7. The van der Waals surface area contributed by atoms with E-state index in [0.717, 1.165) is 29.4 Å². The van der Waals surface area contributed by atoms with Gasteiger partial charge < -0.3 is 19.9 Å². The van der Waals surface area contributed by atoms with Crippen LogP contribution in [0.2, 0.25) is 5.02 Å². The highest BCUT2D eigenvalue weighted by Crippen LogP contribution is 2.30. The number of carbonyl (C=O) groups is 2. The minimum Gasteiger partial charge on any atom is -0.490 e. The summed E-state index contributed by atoms with van der Waals surface area (Å²) in [4.78, 5) is 28.4. The first-order valence-electron chi connectivity index (χ1n) is 15.3. The van der Waals surface area contributed by atoms with Crippen LogP contribution in [-0.2, 0) is 21.2 Å². The van der Waals surface area contributed by atoms with Gasteiger partial charge in [-0.1, -0.05) is 41.9 Å². The number of carboxylic acid groups (broad SMARTS) is 1. The van der Waals surface area contributed by atoms with E-state index < -0.39 is 16.0 Å². The van der Waals surface area contributed by atoms with Crippen molar-refractivity contribution in [2.75, 3.05) is 5.32 Å². The molecule has 1 saturated carbocycles. The van der Waals surface area contributed by atoms with Gasteiger partial charge in [0.25, 0.3) is 0 Å². The summed E-state index contributed by atoms with van der Waals surface area (Å²) >= 11 is 5.89. The van der Waals surface area contributed by atoms with Crippen molar-refractivity contribution < 1.29 is 32.6 Å². The van der Waals surface area contributed by atoms with E-state index in [2.05, 4.69) is 15.0 Å². The Hall–Kier alpha value is -4.97. The molecule has 0 aliphatic heterocycles. The van der Waals surface area contributed by atoms with Crippen molar-refractivity contribution in [2.24, 2.45) is 0 Å². The number of fused-ring (bicyclic) bond motifs is 1. The fourth-order valence-electron chi connectivity index (χ4n) is 5.59. The number of carboxylic acids is 1. The lowest BCUT2D eigenvalue weighted by Crippen LogP contribution is -2.39. The highest BCUT2D eigenvalue weighted by molar-refractivity contribution is 7.89. The maximum Gasteiger partial charge on any atom is 0.337 e. The first-order valence-corrected chi connectivity index (χ1v) is 17.2. The third-order valence-corrected chi connectivity index (χ3v) is 9.81. The molecule has 0 radical (unpaired) electrons. The Balaban J connectivity index is 0.998. The summed E-state index contributed by atoms with van der Waals surface area (Å²) < 4.78 is 40.5. The first-order chi connectivity index (χ1) is 23.1. The monoisotopic (exact) mass is 685 g/mol. The number of para-hydroxylation sites is 1. The van der Waals surface area contributed by atoms with Gasteiger partial charge in [0.1, 0.15) is 11.5 Å². The molecule has 0 unspecified atom stereocenters. The number of amides is 1. The number of aromatic nitrogens is 1. The average molecular weight is 686 g/mol. The van der Waals surface area contributed by atoms with Crippen LogP contribution in [-0.4, -0.2) is 42.5 Å². The third kappa shape index (κ3) is 8.29. The van der Waals surface area contributed by atoms with Crippen LogP contribution in [0, 0.1) is 0 Å². The molecule has 12 heteroatoms. The molecule has 1 amide bonds. The molecule has 1 aromatic heterocycles. The van der Waals surface area contributed by atoms with Gasteiger partial charge in [-0.05, 0) is 103 Å². The molecule has 48 heavy (non-hydrogen) atoms. The molecule has 1 fully saturated rings. The summed E-state index contributed by atoms with van der Waals surface area (Å²) in [5.41, 5.74) is 0.899. The molecule has 10 nitrogen and oxygen atoms in total. The number of benzene rings is 4. The van der Waals surface area contributed by atoms with Gasteiger partial charge >= 0.3 is 5.97 Å². The van der Waals surface area contributed by atoms with Gasteiger partial charge in [-0.2, -0.15) is 0 Å². The van der Waals surface area contributed by atoms with Crippen molar-refractivity contribution >= 4 is 50.0 Å². The summed E-state index contributed by atoms with van der Waals surface area (Å²) in [5.74, 6) is 0.225. The molecule has 0 saturated heterocycles. The van der Waals surface area contributed by atoms with Crippen LogP contribution in [0.15, 0.2) is 108 Å². The number of rotatable bonds is 11. The van der Waals surface area contributed by atoms with E-state index in [-0.39, 0.29) is 40.6 Å². The van der Waals surface area contributed by atoms with Crippen molar-refractivity contribution in [3.8, 4) is 17.4 Å². The van der Waals surface area contributed by atoms with Crippen LogP contribution in [0.4, 0.5) is 5.69 Å². The zero-order chi connectivity index (χ0) is 33.7. The molecule has 0 atom stereocenters. The number of hydrogen-bond acceptors (Lipinski definition) is 7. The van der Waals surface area contributed by atoms with E-state index in [4.69, 9.17) is 21.1 Å². The number of anilines is 1. The molecule has 0 spiro atoms. The van der Waals surface area contributed by atoms with Crippen molar-refractivity contribution in [3.63, 3.8) is 0 Å². The van der Waals surface area contributed by atoms with E-state index in [1.54, 1.807) is 48.7 Å². The van der Waals surface area contributed by atoms with E-state index in [1.165, 1.54) is 18.2 Å². The Morgan fingerprint density at radius 3 is 2.23 bits per heavy atom. The Morgan fingerprint density at radius 2 is 1.54 bits per heavy atom. The average Bonchev–Trinajstić information content (AvgIpc) is 3.07. The smallest absolute Gasteiger partial charge is 0.337 e. The number of halogens is 1. The molecule has 1 heterocycles. The minimum absolute atomic E-state index is 0.0120. The standard InChI is InChI=1S/C36H32ClN3O7S/c37-26-8-16-31(17-9-26)48(44,45)40-27-10-14-28(15-11-27)46-29-12-6-25-21-30(13-7-24(25)20-29)47-35-18-5-23(22-38-35)19-34(41)39-33-4-2-1-3-32(33)36(42)43/h1-9,12-13,16-18,20-22,27-28,40H,10-11,14-15,19H2,(H,39,41)(H,42,43). The number of nitrogens with zero attached hydrogens (tertiary/aromatic N) is 1. The fourth-order valence-corrected chi connectivity index (χ4v) is 7.02. The summed E-state index contributed by atoms with van der Waals surface area (Å²) in [5, 5.41) is 14.4. The van der Waals surface area contributed by atoms with Gasteiger partial charge in [-0.3, -0.25) is 4.79 Å². The molecular weight excluding hydrogens is 654 g/mol. The van der Waals surface area contributed by atoms with E-state index >= 15 is 0 Å². The predicted molar refractivity (Wildman–Crippen MR) is 182 cm³/mol. The lowest BCUT2D eigenvalue weighted by atomic mass is 9.93. The molecule has 246 valence electrons. The summed E-state index contributed by atoms with van der Waals surface area (Å²) in [6.45, 7) is 0. The molecule has 3 N–H and O–H groups in total. The Morgan fingerprint density at radius 1 is 0.854 bits per heavy atom. The van der Waals surface area contributed by atoms with Crippen LogP contribution in [0.1, 0.15) is 41.6 Å². The molecule has 4 aromatic carbocycles.